The normalized spacial score (nSPS) is 6.60. The molecule has 0 aromatic carbocycles. The predicted molar refractivity (Wildman–Crippen MR) is 38.2 cm³/mol. The highest BCUT2D eigenvalue weighted by atomic mass is 16.5. The standard InChI is InChI=1S/C5H10O2.C2H3N/c1-3-4-5(6)7-2;1-2-3/h3-4H2,1-2H3;1H3. The van der Waals surface area contributed by atoms with E-state index >= 15 is 0 Å². The summed E-state index contributed by atoms with van der Waals surface area (Å²) >= 11 is 0. The van der Waals surface area contributed by atoms with Crippen molar-refractivity contribution in [2.24, 2.45) is 0 Å². The molecule has 0 unspecified atom stereocenters. The van der Waals surface area contributed by atoms with Gasteiger partial charge in [-0.1, -0.05) is 6.92 Å². The zero-order chi connectivity index (χ0) is 8.41. The lowest BCUT2D eigenvalue weighted by Crippen LogP contribution is -1.97. The van der Waals surface area contributed by atoms with E-state index in [-0.39, 0.29) is 5.97 Å². The molecule has 0 bridgehead atoms. The SMILES string of the molecule is CC#N.CCCC(=O)OC. The summed E-state index contributed by atoms with van der Waals surface area (Å²) in [7, 11) is 1.40. The van der Waals surface area contributed by atoms with E-state index in [4.69, 9.17) is 5.26 Å². The molecule has 0 aliphatic carbocycles. The molecule has 0 amide bonds. The van der Waals surface area contributed by atoms with E-state index in [0.717, 1.165) is 6.42 Å². The van der Waals surface area contributed by atoms with Crippen molar-refractivity contribution in [2.45, 2.75) is 26.7 Å². The average Bonchev–Trinajstić information content (AvgIpc) is 1.90. The van der Waals surface area contributed by atoms with Crippen molar-refractivity contribution >= 4 is 5.97 Å². The zero-order valence-corrected chi connectivity index (χ0v) is 6.68. The van der Waals surface area contributed by atoms with Crippen LogP contribution in [0.2, 0.25) is 0 Å². The van der Waals surface area contributed by atoms with Crippen LogP contribution in [0.15, 0.2) is 0 Å². The van der Waals surface area contributed by atoms with Crippen LogP contribution in [0.3, 0.4) is 0 Å². The first-order valence-corrected chi connectivity index (χ1v) is 3.10. The van der Waals surface area contributed by atoms with Crippen molar-refractivity contribution in [3.8, 4) is 6.07 Å². The Morgan fingerprint density at radius 1 is 1.70 bits per heavy atom. The van der Waals surface area contributed by atoms with Gasteiger partial charge in [-0.15, -0.1) is 0 Å². The smallest absolute Gasteiger partial charge is 0.305 e. The van der Waals surface area contributed by atoms with E-state index < -0.39 is 0 Å². The molecule has 0 heterocycles. The molecule has 0 fully saturated rings. The summed E-state index contributed by atoms with van der Waals surface area (Å²) in [5, 5.41) is 7.32. The van der Waals surface area contributed by atoms with Crippen LogP contribution in [0.4, 0.5) is 0 Å². The molecular formula is C7H13NO2. The molecule has 0 saturated heterocycles. The van der Waals surface area contributed by atoms with Gasteiger partial charge in [0.15, 0.2) is 0 Å². The first-order chi connectivity index (χ1) is 4.72. The van der Waals surface area contributed by atoms with Gasteiger partial charge in [0.25, 0.3) is 0 Å². The molecule has 0 radical (unpaired) electrons. The van der Waals surface area contributed by atoms with Gasteiger partial charge in [-0.2, -0.15) is 5.26 Å². The van der Waals surface area contributed by atoms with Gasteiger partial charge in [0.2, 0.25) is 0 Å². The Morgan fingerprint density at radius 2 is 2.10 bits per heavy atom. The number of nitrogens with zero attached hydrogens (tertiary/aromatic N) is 1. The van der Waals surface area contributed by atoms with Gasteiger partial charge in [-0.3, -0.25) is 4.79 Å². The fourth-order valence-electron chi connectivity index (χ4n) is 0.306. The number of nitriles is 1. The maximum absolute atomic E-state index is 10.2. The minimum absolute atomic E-state index is 0.123. The van der Waals surface area contributed by atoms with E-state index in [2.05, 4.69) is 4.74 Å². The molecular weight excluding hydrogens is 130 g/mol. The molecule has 0 N–H and O–H groups in total. The van der Waals surface area contributed by atoms with Crippen LogP contribution in [-0.2, 0) is 9.53 Å². The summed E-state index contributed by atoms with van der Waals surface area (Å²) in [6, 6.07) is 1.75. The van der Waals surface area contributed by atoms with E-state index in [0.29, 0.717) is 6.42 Å². The molecule has 0 saturated carbocycles. The number of hydrogen-bond acceptors (Lipinski definition) is 3. The number of ether oxygens (including phenoxy) is 1. The molecule has 10 heavy (non-hydrogen) atoms. The van der Waals surface area contributed by atoms with Crippen molar-refractivity contribution in [3.63, 3.8) is 0 Å². The summed E-state index contributed by atoms with van der Waals surface area (Å²) in [5.74, 6) is -0.123. The second-order valence-corrected chi connectivity index (χ2v) is 1.55. The average molecular weight is 143 g/mol. The van der Waals surface area contributed by atoms with Crippen molar-refractivity contribution in [1.29, 1.82) is 5.26 Å². The Bertz CT molecular complexity index is 115. The summed E-state index contributed by atoms with van der Waals surface area (Å²) in [6.45, 7) is 3.37. The highest BCUT2D eigenvalue weighted by Gasteiger charge is 1.92. The van der Waals surface area contributed by atoms with Gasteiger partial charge in [0.1, 0.15) is 0 Å². The lowest BCUT2D eigenvalue weighted by molar-refractivity contribution is -0.140. The summed E-state index contributed by atoms with van der Waals surface area (Å²) in [5.41, 5.74) is 0. The quantitative estimate of drug-likeness (QED) is 0.550. The predicted octanol–water partition coefficient (Wildman–Crippen LogP) is 1.49. The molecule has 0 aliphatic heterocycles. The van der Waals surface area contributed by atoms with Crippen molar-refractivity contribution < 1.29 is 9.53 Å². The number of rotatable bonds is 2. The monoisotopic (exact) mass is 143 g/mol. The van der Waals surface area contributed by atoms with Crippen molar-refractivity contribution in [1.82, 2.24) is 0 Å². The zero-order valence-electron chi connectivity index (χ0n) is 6.68. The summed E-state index contributed by atoms with van der Waals surface area (Å²) in [6.07, 6.45) is 1.41. The van der Waals surface area contributed by atoms with Gasteiger partial charge in [-0.25, -0.2) is 0 Å². The molecule has 0 aromatic rings. The number of carbonyl (C=O) groups excluding carboxylic acids is 1. The highest BCUT2D eigenvalue weighted by molar-refractivity contribution is 5.68. The van der Waals surface area contributed by atoms with Crippen LogP contribution in [-0.4, -0.2) is 13.1 Å². The molecule has 0 atom stereocenters. The Labute approximate surface area is 61.6 Å². The first-order valence-electron chi connectivity index (χ1n) is 3.10. The number of hydrogen-bond donors (Lipinski definition) is 0. The number of carbonyl (C=O) groups is 1. The molecule has 3 nitrogen and oxygen atoms in total. The minimum Gasteiger partial charge on any atom is -0.469 e. The van der Waals surface area contributed by atoms with Gasteiger partial charge in [-0.05, 0) is 6.42 Å². The maximum Gasteiger partial charge on any atom is 0.305 e. The Kier molecular flexibility index (Phi) is 12.7. The van der Waals surface area contributed by atoms with Gasteiger partial charge >= 0.3 is 5.97 Å². The van der Waals surface area contributed by atoms with Crippen molar-refractivity contribution in [2.75, 3.05) is 7.11 Å². The van der Waals surface area contributed by atoms with E-state index in [9.17, 15) is 4.79 Å². The molecule has 0 aliphatic rings. The van der Waals surface area contributed by atoms with Crippen LogP contribution in [0.25, 0.3) is 0 Å². The lowest BCUT2D eigenvalue weighted by Gasteiger charge is -1.91. The Hall–Kier alpha value is -1.04. The molecule has 0 aromatic heterocycles. The van der Waals surface area contributed by atoms with Crippen LogP contribution in [0.5, 0.6) is 0 Å². The lowest BCUT2D eigenvalue weighted by atomic mass is 10.3. The minimum atomic E-state index is -0.123. The molecule has 0 spiro atoms. The van der Waals surface area contributed by atoms with Crippen molar-refractivity contribution in [3.05, 3.63) is 0 Å². The second-order valence-electron chi connectivity index (χ2n) is 1.55. The third-order valence-corrected chi connectivity index (χ3v) is 0.682. The Morgan fingerprint density at radius 3 is 2.20 bits per heavy atom. The van der Waals surface area contributed by atoms with E-state index in [1.807, 2.05) is 6.92 Å². The summed E-state index contributed by atoms with van der Waals surface area (Å²) in [4.78, 5) is 10.2. The fourth-order valence-corrected chi connectivity index (χ4v) is 0.306. The van der Waals surface area contributed by atoms with Crippen LogP contribution >= 0.6 is 0 Å². The first kappa shape index (κ1) is 11.7. The fraction of sp³-hybridized carbons (Fsp3) is 0.714. The van der Waals surface area contributed by atoms with Gasteiger partial charge < -0.3 is 4.74 Å². The maximum atomic E-state index is 10.2. The van der Waals surface area contributed by atoms with E-state index in [1.54, 1.807) is 6.07 Å². The second kappa shape index (κ2) is 10.9. The molecule has 0 rings (SSSR count). The summed E-state index contributed by atoms with van der Waals surface area (Å²) < 4.78 is 4.35. The number of methoxy groups -OCH3 is 1. The third kappa shape index (κ3) is 15.8. The topological polar surface area (TPSA) is 50.1 Å². The highest BCUT2D eigenvalue weighted by Crippen LogP contribution is 1.86. The Balaban J connectivity index is 0. The van der Waals surface area contributed by atoms with Crippen LogP contribution in [0, 0.1) is 11.3 Å². The number of esters is 1. The molecule has 58 valence electrons. The van der Waals surface area contributed by atoms with Crippen LogP contribution in [0.1, 0.15) is 26.7 Å². The largest absolute Gasteiger partial charge is 0.469 e. The van der Waals surface area contributed by atoms with E-state index in [1.165, 1.54) is 14.0 Å². The third-order valence-electron chi connectivity index (χ3n) is 0.682. The van der Waals surface area contributed by atoms with Gasteiger partial charge in [0, 0.05) is 13.3 Å². The molecule has 3 heteroatoms. The van der Waals surface area contributed by atoms with Gasteiger partial charge in [0.05, 0.1) is 13.2 Å². The van der Waals surface area contributed by atoms with Crippen LogP contribution < -0.4 is 0 Å².